The van der Waals surface area contributed by atoms with Crippen LogP contribution >= 0.6 is 0 Å². The Kier molecular flexibility index (Phi) is 6.98. The zero-order valence-corrected chi connectivity index (χ0v) is 12.8. The van der Waals surface area contributed by atoms with Crippen LogP contribution in [0, 0.1) is 0 Å². The van der Waals surface area contributed by atoms with Crippen LogP contribution < -0.4 is 5.32 Å². The van der Waals surface area contributed by atoms with Crippen molar-refractivity contribution in [3.63, 3.8) is 0 Å². The lowest BCUT2D eigenvalue weighted by molar-refractivity contribution is -0.137. The molecule has 2 N–H and O–H groups in total. The fraction of sp³-hybridized carbons (Fsp3) is 0.786. The summed E-state index contributed by atoms with van der Waals surface area (Å²) in [5.74, 6) is -0.932. The molecule has 0 spiro atoms. The Morgan fingerprint density at radius 1 is 1.24 bits per heavy atom. The minimum absolute atomic E-state index is 0.000976. The van der Waals surface area contributed by atoms with Crippen molar-refractivity contribution in [2.75, 3.05) is 26.2 Å². The number of hydrogen-bond donors (Lipinski definition) is 2. The van der Waals surface area contributed by atoms with Crippen molar-refractivity contribution in [3.8, 4) is 0 Å². The van der Waals surface area contributed by atoms with Gasteiger partial charge in [0.05, 0.1) is 6.54 Å². The van der Waals surface area contributed by atoms with E-state index in [0.717, 1.165) is 25.9 Å². The molecule has 0 aliphatic carbocycles. The van der Waals surface area contributed by atoms with E-state index in [1.54, 1.807) is 9.80 Å². The standard InChI is InChI=1S/C14H25N3O4/c1-11(2)17(9-5-6-13(19)20)14(21)15-10-12(18)16-7-3-4-8-16/h11H,3-10H2,1-2H3,(H,15,21)(H,19,20). The Morgan fingerprint density at radius 2 is 1.86 bits per heavy atom. The number of rotatable bonds is 7. The number of nitrogens with zero attached hydrogens (tertiary/aromatic N) is 2. The van der Waals surface area contributed by atoms with E-state index in [9.17, 15) is 14.4 Å². The fourth-order valence-corrected chi connectivity index (χ4v) is 2.33. The second-order valence-corrected chi connectivity index (χ2v) is 5.53. The number of carbonyl (C=O) groups is 3. The van der Waals surface area contributed by atoms with E-state index in [1.807, 2.05) is 13.8 Å². The van der Waals surface area contributed by atoms with Crippen molar-refractivity contribution in [1.29, 1.82) is 0 Å². The summed E-state index contributed by atoms with van der Waals surface area (Å²) in [4.78, 5) is 37.8. The molecule has 0 radical (unpaired) electrons. The highest BCUT2D eigenvalue weighted by atomic mass is 16.4. The third kappa shape index (κ3) is 6.01. The molecular formula is C14H25N3O4. The van der Waals surface area contributed by atoms with Gasteiger partial charge in [-0.15, -0.1) is 0 Å². The molecule has 7 nitrogen and oxygen atoms in total. The second-order valence-electron chi connectivity index (χ2n) is 5.53. The van der Waals surface area contributed by atoms with Crippen LogP contribution in [0.25, 0.3) is 0 Å². The number of urea groups is 1. The molecule has 0 saturated carbocycles. The summed E-state index contributed by atoms with van der Waals surface area (Å²) in [6.45, 7) is 5.63. The first kappa shape index (κ1) is 17.3. The molecule has 3 amide bonds. The normalized spacial score (nSPS) is 14.3. The van der Waals surface area contributed by atoms with Gasteiger partial charge in [-0.2, -0.15) is 0 Å². The number of amides is 3. The molecule has 0 aromatic carbocycles. The molecule has 0 atom stereocenters. The van der Waals surface area contributed by atoms with Gasteiger partial charge in [-0.1, -0.05) is 0 Å². The van der Waals surface area contributed by atoms with Gasteiger partial charge in [0.25, 0.3) is 0 Å². The molecular weight excluding hydrogens is 274 g/mol. The van der Waals surface area contributed by atoms with Gasteiger partial charge >= 0.3 is 12.0 Å². The Labute approximate surface area is 125 Å². The van der Waals surface area contributed by atoms with Gasteiger partial charge in [0.1, 0.15) is 0 Å². The smallest absolute Gasteiger partial charge is 0.318 e. The van der Waals surface area contributed by atoms with Crippen LogP contribution in [-0.4, -0.2) is 65.0 Å². The summed E-state index contributed by atoms with van der Waals surface area (Å²) in [6.07, 6.45) is 2.48. The summed E-state index contributed by atoms with van der Waals surface area (Å²) in [5, 5.41) is 11.3. The van der Waals surface area contributed by atoms with E-state index in [4.69, 9.17) is 5.11 Å². The number of aliphatic carboxylic acids is 1. The van der Waals surface area contributed by atoms with E-state index in [1.165, 1.54) is 0 Å². The first-order valence-corrected chi connectivity index (χ1v) is 7.46. The van der Waals surface area contributed by atoms with Crippen molar-refractivity contribution in [2.45, 2.75) is 45.6 Å². The van der Waals surface area contributed by atoms with Crippen LogP contribution in [0.5, 0.6) is 0 Å². The lowest BCUT2D eigenvalue weighted by Gasteiger charge is -2.27. The van der Waals surface area contributed by atoms with Crippen molar-refractivity contribution >= 4 is 17.9 Å². The molecule has 7 heteroatoms. The van der Waals surface area contributed by atoms with Gasteiger partial charge in [0.15, 0.2) is 0 Å². The number of carbonyl (C=O) groups excluding carboxylic acids is 2. The zero-order chi connectivity index (χ0) is 15.8. The summed E-state index contributed by atoms with van der Waals surface area (Å²) >= 11 is 0. The van der Waals surface area contributed by atoms with Crippen molar-refractivity contribution in [3.05, 3.63) is 0 Å². The molecule has 0 bridgehead atoms. The fourth-order valence-electron chi connectivity index (χ4n) is 2.33. The summed E-state index contributed by atoms with van der Waals surface area (Å²) in [6, 6.07) is -0.358. The molecule has 0 unspecified atom stereocenters. The molecule has 1 aliphatic heterocycles. The summed E-state index contributed by atoms with van der Waals surface area (Å²) < 4.78 is 0. The monoisotopic (exact) mass is 299 g/mol. The number of nitrogens with one attached hydrogen (secondary N) is 1. The van der Waals surface area contributed by atoms with Crippen molar-refractivity contribution < 1.29 is 19.5 Å². The van der Waals surface area contributed by atoms with Crippen LogP contribution in [0.4, 0.5) is 4.79 Å². The minimum atomic E-state index is -0.872. The van der Waals surface area contributed by atoms with E-state index >= 15 is 0 Å². The van der Waals surface area contributed by atoms with E-state index < -0.39 is 5.97 Å². The Bertz CT molecular complexity index is 378. The van der Waals surface area contributed by atoms with Gasteiger partial charge in [0, 0.05) is 32.1 Å². The SMILES string of the molecule is CC(C)N(CCCC(=O)O)C(=O)NCC(=O)N1CCCC1. The second kappa shape index (κ2) is 8.49. The highest BCUT2D eigenvalue weighted by Gasteiger charge is 2.21. The highest BCUT2D eigenvalue weighted by molar-refractivity contribution is 5.84. The van der Waals surface area contributed by atoms with Gasteiger partial charge in [0.2, 0.25) is 5.91 Å². The number of carboxylic acids is 1. The lowest BCUT2D eigenvalue weighted by atomic mass is 10.2. The number of carboxylic acid groups (broad SMARTS) is 1. The van der Waals surface area contributed by atoms with Crippen LogP contribution in [0.1, 0.15) is 39.5 Å². The highest BCUT2D eigenvalue weighted by Crippen LogP contribution is 2.07. The molecule has 120 valence electrons. The third-order valence-electron chi connectivity index (χ3n) is 3.52. The molecule has 1 saturated heterocycles. The van der Waals surface area contributed by atoms with Crippen LogP contribution in [0.2, 0.25) is 0 Å². The van der Waals surface area contributed by atoms with Crippen molar-refractivity contribution in [1.82, 2.24) is 15.1 Å². The van der Waals surface area contributed by atoms with E-state index in [-0.39, 0.29) is 30.9 Å². The van der Waals surface area contributed by atoms with Gasteiger partial charge in [-0.3, -0.25) is 9.59 Å². The van der Waals surface area contributed by atoms with Crippen LogP contribution in [-0.2, 0) is 9.59 Å². The maximum absolute atomic E-state index is 12.1. The predicted octanol–water partition coefficient (Wildman–Crippen LogP) is 0.894. The number of hydrogen-bond acceptors (Lipinski definition) is 3. The lowest BCUT2D eigenvalue weighted by Crippen LogP contribution is -2.47. The first-order valence-electron chi connectivity index (χ1n) is 7.46. The topological polar surface area (TPSA) is 90.0 Å². The molecule has 1 fully saturated rings. The Morgan fingerprint density at radius 3 is 2.38 bits per heavy atom. The molecule has 0 aromatic rings. The largest absolute Gasteiger partial charge is 0.481 e. The van der Waals surface area contributed by atoms with Gasteiger partial charge in [-0.05, 0) is 33.1 Å². The Hall–Kier alpha value is -1.79. The average molecular weight is 299 g/mol. The first-order chi connectivity index (χ1) is 9.91. The predicted molar refractivity (Wildman–Crippen MR) is 77.9 cm³/mol. The Balaban J connectivity index is 2.37. The molecule has 1 aliphatic rings. The molecule has 0 aromatic heterocycles. The summed E-state index contributed by atoms with van der Waals surface area (Å²) in [5.41, 5.74) is 0. The van der Waals surface area contributed by atoms with E-state index in [2.05, 4.69) is 5.32 Å². The molecule has 1 rings (SSSR count). The number of likely N-dealkylation sites (tertiary alicyclic amines) is 1. The minimum Gasteiger partial charge on any atom is -0.481 e. The van der Waals surface area contributed by atoms with Crippen LogP contribution in [0.15, 0.2) is 0 Å². The quantitative estimate of drug-likeness (QED) is 0.730. The van der Waals surface area contributed by atoms with Gasteiger partial charge in [-0.25, -0.2) is 4.79 Å². The maximum Gasteiger partial charge on any atom is 0.318 e. The zero-order valence-electron chi connectivity index (χ0n) is 12.8. The van der Waals surface area contributed by atoms with Crippen LogP contribution in [0.3, 0.4) is 0 Å². The third-order valence-corrected chi connectivity index (χ3v) is 3.52. The molecule has 21 heavy (non-hydrogen) atoms. The van der Waals surface area contributed by atoms with Crippen molar-refractivity contribution in [2.24, 2.45) is 0 Å². The molecule has 1 heterocycles. The van der Waals surface area contributed by atoms with E-state index in [0.29, 0.717) is 13.0 Å². The van der Waals surface area contributed by atoms with Gasteiger partial charge < -0.3 is 20.2 Å². The average Bonchev–Trinajstić information content (AvgIpc) is 2.94. The summed E-state index contributed by atoms with van der Waals surface area (Å²) in [7, 11) is 0. The maximum atomic E-state index is 12.1.